The minimum Gasteiger partial charge on any atom is -0.455 e. The van der Waals surface area contributed by atoms with E-state index in [1.165, 1.54) is 0 Å². The fraction of sp³-hybridized carbons (Fsp3) is 0.208. The predicted molar refractivity (Wildman–Crippen MR) is 126 cm³/mol. The zero-order valence-electron chi connectivity index (χ0n) is 17.6. The molecule has 2 aromatic carbocycles. The van der Waals surface area contributed by atoms with Crippen LogP contribution in [0.1, 0.15) is 56.2 Å². The Morgan fingerprint density at radius 2 is 1.84 bits per heavy atom. The fourth-order valence-electron chi connectivity index (χ4n) is 3.74. The van der Waals surface area contributed by atoms with Gasteiger partial charge in [-0.1, -0.05) is 40.9 Å². The molecule has 4 rings (SSSR count). The van der Waals surface area contributed by atoms with Gasteiger partial charge in [-0.15, -0.1) is 0 Å². The van der Waals surface area contributed by atoms with Gasteiger partial charge in [0.05, 0.1) is 16.4 Å². The molecule has 32 heavy (non-hydrogen) atoms. The molecule has 0 radical (unpaired) electrons. The molecule has 1 heterocycles. The summed E-state index contributed by atoms with van der Waals surface area (Å²) >= 11 is 12.2. The summed E-state index contributed by atoms with van der Waals surface area (Å²) in [4.78, 5) is 25.4. The second kappa shape index (κ2) is 9.18. The van der Waals surface area contributed by atoms with E-state index in [0.717, 1.165) is 17.5 Å². The lowest BCUT2D eigenvalue weighted by molar-refractivity contribution is 0.0953. The topological polar surface area (TPSA) is 83.7 Å². The van der Waals surface area contributed by atoms with E-state index in [1.54, 1.807) is 37.3 Å². The van der Waals surface area contributed by atoms with Crippen LogP contribution in [0.15, 0.2) is 52.0 Å². The molecule has 0 saturated heterocycles. The third kappa shape index (κ3) is 4.56. The molecule has 2 N–H and O–H groups in total. The number of aryl methyl sites for hydroxylation is 2. The highest BCUT2D eigenvalue weighted by Crippen LogP contribution is 2.31. The molecule has 3 aromatic rings. The number of rotatable bonds is 4. The molecule has 0 atom stereocenters. The summed E-state index contributed by atoms with van der Waals surface area (Å²) in [5.74, 6) is 0.151. The van der Waals surface area contributed by atoms with Crippen LogP contribution in [0, 0.1) is 13.8 Å². The Bertz CT molecular complexity index is 1250. The van der Waals surface area contributed by atoms with E-state index < -0.39 is 5.91 Å². The van der Waals surface area contributed by atoms with E-state index in [-0.39, 0.29) is 11.7 Å². The third-order valence-corrected chi connectivity index (χ3v) is 5.85. The molecule has 0 spiro atoms. The number of hydrogen-bond donors (Lipinski definition) is 2. The zero-order chi connectivity index (χ0) is 22.8. The maximum Gasteiger partial charge on any atom is 0.291 e. The van der Waals surface area contributed by atoms with E-state index in [1.807, 2.05) is 19.1 Å². The SMILES string of the molecule is Cc1cccc(C(=O)N/N=C2\CCCc3oc(C(=O)Nc4cc(Cl)ccc4Cl)c(C)c32)c1. The van der Waals surface area contributed by atoms with Crippen molar-refractivity contribution in [1.82, 2.24) is 5.43 Å². The summed E-state index contributed by atoms with van der Waals surface area (Å²) in [6.07, 6.45) is 2.16. The minimum atomic E-state index is -0.427. The smallest absolute Gasteiger partial charge is 0.291 e. The second-order valence-corrected chi connectivity index (χ2v) is 8.50. The van der Waals surface area contributed by atoms with E-state index in [2.05, 4.69) is 15.8 Å². The van der Waals surface area contributed by atoms with E-state index in [9.17, 15) is 9.59 Å². The van der Waals surface area contributed by atoms with Gasteiger partial charge in [0, 0.05) is 28.1 Å². The molecule has 0 aliphatic heterocycles. The van der Waals surface area contributed by atoms with Crippen LogP contribution in [0.25, 0.3) is 0 Å². The number of nitrogens with one attached hydrogen (secondary N) is 2. The Morgan fingerprint density at radius 1 is 1.03 bits per heavy atom. The lowest BCUT2D eigenvalue weighted by Crippen LogP contribution is -2.22. The molecule has 1 aliphatic carbocycles. The van der Waals surface area contributed by atoms with Crippen molar-refractivity contribution >= 4 is 46.4 Å². The van der Waals surface area contributed by atoms with Gasteiger partial charge in [0.15, 0.2) is 5.76 Å². The van der Waals surface area contributed by atoms with Gasteiger partial charge in [0.2, 0.25) is 0 Å². The lowest BCUT2D eigenvalue weighted by atomic mass is 9.93. The van der Waals surface area contributed by atoms with Crippen LogP contribution in [0.2, 0.25) is 10.0 Å². The van der Waals surface area contributed by atoms with E-state index in [4.69, 9.17) is 27.6 Å². The Hall–Kier alpha value is -3.09. The number of furan rings is 1. The maximum atomic E-state index is 12.9. The number of nitrogens with zero attached hydrogens (tertiary/aromatic N) is 1. The molecule has 0 bridgehead atoms. The van der Waals surface area contributed by atoms with Gasteiger partial charge in [0.1, 0.15) is 5.76 Å². The average Bonchev–Trinajstić information content (AvgIpc) is 3.12. The van der Waals surface area contributed by atoms with Gasteiger partial charge in [-0.3, -0.25) is 9.59 Å². The van der Waals surface area contributed by atoms with Crippen molar-refractivity contribution in [2.75, 3.05) is 5.32 Å². The normalized spacial score (nSPS) is 14.2. The number of carbonyl (C=O) groups is 2. The predicted octanol–water partition coefficient (Wildman–Crippen LogP) is 5.93. The maximum absolute atomic E-state index is 12.9. The van der Waals surface area contributed by atoms with Crippen molar-refractivity contribution in [2.45, 2.75) is 33.1 Å². The van der Waals surface area contributed by atoms with Crippen molar-refractivity contribution in [3.63, 3.8) is 0 Å². The first-order chi connectivity index (χ1) is 15.3. The standard InChI is InChI=1S/C24H21Cl2N3O3/c1-13-5-3-6-15(11-13)23(30)29-28-18-7-4-8-20-21(18)14(2)22(32-20)24(31)27-19-12-16(25)9-10-17(19)26/h3,5-6,9-12H,4,7-8H2,1-2H3,(H,27,31)(H,29,30)/b28-18+. The summed E-state index contributed by atoms with van der Waals surface area (Å²) in [5, 5.41) is 7.94. The van der Waals surface area contributed by atoms with Crippen LogP contribution >= 0.6 is 23.2 Å². The zero-order valence-corrected chi connectivity index (χ0v) is 19.1. The molecule has 1 aliphatic rings. The molecule has 0 saturated carbocycles. The molecule has 2 amide bonds. The molecule has 8 heteroatoms. The van der Waals surface area contributed by atoms with E-state index in [0.29, 0.717) is 51.2 Å². The first-order valence-corrected chi connectivity index (χ1v) is 10.9. The average molecular weight is 470 g/mol. The summed E-state index contributed by atoms with van der Waals surface area (Å²) < 4.78 is 5.90. The van der Waals surface area contributed by atoms with Gasteiger partial charge in [-0.25, -0.2) is 5.43 Å². The largest absolute Gasteiger partial charge is 0.455 e. The summed E-state index contributed by atoms with van der Waals surface area (Å²) in [6.45, 7) is 3.73. The van der Waals surface area contributed by atoms with Crippen LogP contribution < -0.4 is 10.7 Å². The highest BCUT2D eigenvalue weighted by Gasteiger charge is 2.28. The number of anilines is 1. The Morgan fingerprint density at radius 3 is 2.62 bits per heavy atom. The third-order valence-electron chi connectivity index (χ3n) is 5.28. The quantitative estimate of drug-likeness (QED) is 0.464. The monoisotopic (exact) mass is 469 g/mol. The number of halogens is 2. The first-order valence-electron chi connectivity index (χ1n) is 10.2. The molecule has 0 unspecified atom stereocenters. The van der Waals surface area contributed by atoms with Crippen molar-refractivity contribution in [3.8, 4) is 0 Å². The summed E-state index contributed by atoms with van der Waals surface area (Å²) in [7, 11) is 0. The van der Waals surface area contributed by atoms with Crippen LogP contribution in [0.3, 0.4) is 0 Å². The molecule has 6 nitrogen and oxygen atoms in total. The first kappa shape index (κ1) is 22.1. The van der Waals surface area contributed by atoms with Crippen LogP contribution in [0.4, 0.5) is 5.69 Å². The van der Waals surface area contributed by atoms with Gasteiger partial charge in [-0.05, 0) is 57.0 Å². The number of benzene rings is 2. The number of amides is 2. The van der Waals surface area contributed by atoms with Crippen molar-refractivity contribution in [3.05, 3.63) is 86.3 Å². The van der Waals surface area contributed by atoms with Crippen LogP contribution in [0.5, 0.6) is 0 Å². The van der Waals surface area contributed by atoms with Crippen LogP contribution in [-0.2, 0) is 6.42 Å². The van der Waals surface area contributed by atoms with Crippen molar-refractivity contribution < 1.29 is 14.0 Å². The highest BCUT2D eigenvalue weighted by molar-refractivity contribution is 6.35. The second-order valence-electron chi connectivity index (χ2n) is 7.66. The molecular formula is C24H21Cl2N3O3. The van der Waals surface area contributed by atoms with E-state index >= 15 is 0 Å². The summed E-state index contributed by atoms with van der Waals surface area (Å²) in [5.41, 5.74) is 6.68. The molecular weight excluding hydrogens is 449 g/mol. The number of hydrogen-bond acceptors (Lipinski definition) is 4. The Kier molecular flexibility index (Phi) is 6.35. The Balaban J connectivity index is 1.58. The number of hydrazone groups is 1. The Labute approximate surface area is 195 Å². The van der Waals surface area contributed by atoms with Gasteiger partial charge in [-0.2, -0.15) is 5.10 Å². The molecule has 0 fully saturated rings. The number of carbonyl (C=O) groups excluding carboxylic acids is 2. The molecule has 164 valence electrons. The van der Waals surface area contributed by atoms with Gasteiger partial charge < -0.3 is 9.73 Å². The minimum absolute atomic E-state index is 0.186. The van der Waals surface area contributed by atoms with Gasteiger partial charge in [0.25, 0.3) is 11.8 Å². The van der Waals surface area contributed by atoms with Crippen molar-refractivity contribution in [1.29, 1.82) is 0 Å². The fourth-order valence-corrected chi connectivity index (χ4v) is 4.08. The van der Waals surface area contributed by atoms with Crippen molar-refractivity contribution in [2.24, 2.45) is 5.10 Å². The summed E-state index contributed by atoms with van der Waals surface area (Å²) in [6, 6.07) is 12.1. The number of fused-ring (bicyclic) bond motifs is 1. The van der Waals surface area contributed by atoms with Gasteiger partial charge >= 0.3 is 0 Å². The highest BCUT2D eigenvalue weighted by atomic mass is 35.5. The van der Waals surface area contributed by atoms with Crippen LogP contribution in [-0.4, -0.2) is 17.5 Å². The lowest BCUT2D eigenvalue weighted by Gasteiger charge is -2.13. The molecule has 1 aromatic heterocycles.